The van der Waals surface area contributed by atoms with E-state index in [4.69, 9.17) is 0 Å². The average Bonchev–Trinajstić information content (AvgIpc) is 2.52. The number of hydrogen-bond donors (Lipinski definition) is 2. The molecule has 0 saturated heterocycles. The fourth-order valence-electron chi connectivity index (χ4n) is 3.06. The van der Waals surface area contributed by atoms with Crippen LogP contribution in [0.2, 0.25) is 0 Å². The molecule has 0 radical (unpaired) electrons. The van der Waals surface area contributed by atoms with Gasteiger partial charge in [-0.2, -0.15) is 0 Å². The van der Waals surface area contributed by atoms with Gasteiger partial charge in [-0.1, -0.05) is 42.6 Å². The second-order valence-electron chi connectivity index (χ2n) is 6.54. The molecule has 5 nitrogen and oxygen atoms in total. The van der Waals surface area contributed by atoms with Gasteiger partial charge in [0.1, 0.15) is 0 Å². The van der Waals surface area contributed by atoms with Crippen molar-refractivity contribution >= 4 is 31.9 Å². The Morgan fingerprint density at radius 1 is 1.21 bits per heavy atom. The van der Waals surface area contributed by atoms with E-state index in [1.54, 1.807) is 12.1 Å². The van der Waals surface area contributed by atoms with Crippen LogP contribution in [0.1, 0.15) is 39.5 Å². The summed E-state index contributed by atoms with van der Waals surface area (Å²) in [6.07, 6.45) is 3.49. The summed E-state index contributed by atoms with van der Waals surface area (Å²) >= 11 is 3.27. The number of carbonyl (C=O) groups excluding carboxylic acids is 1. The number of rotatable bonds is 6. The molecule has 1 fully saturated rings. The van der Waals surface area contributed by atoms with Crippen LogP contribution in [-0.2, 0) is 14.8 Å². The summed E-state index contributed by atoms with van der Waals surface area (Å²) in [7, 11) is -3.58. The van der Waals surface area contributed by atoms with Gasteiger partial charge in [0.15, 0.2) is 0 Å². The van der Waals surface area contributed by atoms with E-state index in [9.17, 15) is 13.2 Å². The molecule has 0 aromatic heterocycles. The van der Waals surface area contributed by atoms with Crippen molar-refractivity contribution in [2.45, 2.75) is 50.5 Å². The van der Waals surface area contributed by atoms with Crippen LogP contribution in [-0.4, -0.2) is 26.9 Å². The molecule has 1 aromatic carbocycles. The molecule has 0 aliphatic heterocycles. The maximum atomic E-state index is 12.2. The number of halogens is 1. The van der Waals surface area contributed by atoms with Crippen molar-refractivity contribution < 1.29 is 13.2 Å². The standard InChI is InChI=1S/C17H25BrN2O3S/c1-12-4-3-5-16(13(12)2)20-17(21)10-11-19-24(22,23)15-8-6-14(18)7-9-15/h6-9,12-13,16,19H,3-5,10-11H2,1-2H3,(H,20,21)/t12-,13+,16-/m1/s1. The van der Waals surface area contributed by atoms with Crippen LogP contribution in [0.15, 0.2) is 33.6 Å². The first-order chi connectivity index (χ1) is 11.3. The summed E-state index contributed by atoms with van der Waals surface area (Å²) in [5.41, 5.74) is 0. The van der Waals surface area contributed by atoms with Crippen molar-refractivity contribution in [2.75, 3.05) is 6.54 Å². The van der Waals surface area contributed by atoms with Crippen molar-refractivity contribution in [2.24, 2.45) is 11.8 Å². The Hall–Kier alpha value is -0.920. The van der Waals surface area contributed by atoms with E-state index in [0.717, 1.165) is 17.3 Å². The zero-order chi connectivity index (χ0) is 17.7. The molecular weight excluding hydrogens is 392 g/mol. The third-order valence-corrected chi connectivity index (χ3v) is 6.83. The molecule has 1 saturated carbocycles. The number of hydrogen-bond acceptors (Lipinski definition) is 3. The van der Waals surface area contributed by atoms with Crippen molar-refractivity contribution in [3.63, 3.8) is 0 Å². The molecule has 2 rings (SSSR count). The molecule has 0 bridgehead atoms. The fraction of sp³-hybridized carbons (Fsp3) is 0.588. The van der Waals surface area contributed by atoms with Gasteiger partial charge in [0.05, 0.1) is 4.90 Å². The van der Waals surface area contributed by atoms with Crippen LogP contribution in [0.5, 0.6) is 0 Å². The van der Waals surface area contributed by atoms with Gasteiger partial charge in [-0.15, -0.1) is 0 Å². The molecule has 1 amide bonds. The second kappa shape index (κ2) is 8.45. The Morgan fingerprint density at radius 3 is 2.54 bits per heavy atom. The Morgan fingerprint density at radius 2 is 1.88 bits per heavy atom. The molecule has 24 heavy (non-hydrogen) atoms. The lowest BCUT2D eigenvalue weighted by atomic mass is 9.78. The average molecular weight is 417 g/mol. The Bertz CT molecular complexity index is 661. The van der Waals surface area contributed by atoms with Gasteiger partial charge in [0, 0.05) is 23.5 Å². The minimum Gasteiger partial charge on any atom is -0.353 e. The van der Waals surface area contributed by atoms with Crippen LogP contribution in [0, 0.1) is 11.8 Å². The highest BCUT2D eigenvalue weighted by Gasteiger charge is 2.28. The fourth-order valence-corrected chi connectivity index (χ4v) is 4.36. The van der Waals surface area contributed by atoms with Crippen LogP contribution in [0.4, 0.5) is 0 Å². The quantitative estimate of drug-likeness (QED) is 0.747. The minimum atomic E-state index is -3.58. The summed E-state index contributed by atoms with van der Waals surface area (Å²) in [6, 6.07) is 6.60. The zero-order valence-electron chi connectivity index (χ0n) is 14.1. The van der Waals surface area contributed by atoms with Crippen LogP contribution in [0.25, 0.3) is 0 Å². The normalized spacial score (nSPS) is 24.5. The first-order valence-electron chi connectivity index (χ1n) is 8.34. The maximum absolute atomic E-state index is 12.2. The molecule has 0 heterocycles. The molecule has 1 aliphatic rings. The molecule has 0 spiro atoms. The molecule has 2 N–H and O–H groups in total. The minimum absolute atomic E-state index is 0.0977. The van der Waals surface area contributed by atoms with Crippen LogP contribution >= 0.6 is 15.9 Å². The lowest BCUT2D eigenvalue weighted by Crippen LogP contribution is -2.44. The number of sulfonamides is 1. The Balaban J connectivity index is 1.80. The summed E-state index contributed by atoms with van der Waals surface area (Å²) in [4.78, 5) is 12.3. The monoisotopic (exact) mass is 416 g/mol. The maximum Gasteiger partial charge on any atom is 0.240 e. The lowest BCUT2D eigenvalue weighted by molar-refractivity contribution is -0.122. The summed E-state index contributed by atoms with van der Waals surface area (Å²) < 4.78 is 27.6. The molecule has 3 atom stereocenters. The number of carbonyl (C=O) groups is 1. The van der Waals surface area contributed by atoms with Crippen LogP contribution < -0.4 is 10.0 Å². The summed E-state index contributed by atoms with van der Waals surface area (Å²) in [5, 5.41) is 3.05. The Labute approximate surface area is 152 Å². The van der Waals surface area contributed by atoms with E-state index in [0.29, 0.717) is 11.8 Å². The molecule has 7 heteroatoms. The van der Waals surface area contributed by atoms with E-state index in [2.05, 4.69) is 39.8 Å². The predicted octanol–water partition coefficient (Wildman–Crippen LogP) is 3.06. The highest BCUT2D eigenvalue weighted by Crippen LogP contribution is 2.29. The van der Waals surface area contributed by atoms with Gasteiger partial charge in [0.2, 0.25) is 15.9 Å². The molecular formula is C17H25BrN2O3S. The highest BCUT2D eigenvalue weighted by molar-refractivity contribution is 9.10. The van der Waals surface area contributed by atoms with Gasteiger partial charge in [-0.25, -0.2) is 13.1 Å². The highest BCUT2D eigenvalue weighted by atomic mass is 79.9. The largest absolute Gasteiger partial charge is 0.353 e. The van der Waals surface area contributed by atoms with Crippen LogP contribution in [0.3, 0.4) is 0 Å². The zero-order valence-corrected chi connectivity index (χ0v) is 16.5. The predicted molar refractivity (Wildman–Crippen MR) is 98.1 cm³/mol. The van der Waals surface area contributed by atoms with Gasteiger partial charge < -0.3 is 5.32 Å². The Kier molecular flexibility index (Phi) is 6.83. The van der Waals surface area contributed by atoms with Crippen molar-refractivity contribution in [1.82, 2.24) is 10.0 Å². The van der Waals surface area contributed by atoms with Gasteiger partial charge in [-0.05, 0) is 42.5 Å². The third kappa shape index (κ3) is 5.29. The molecule has 1 aliphatic carbocycles. The van der Waals surface area contributed by atoms with E-state index in [1.807, 2.05) is 0 Å². The number of benzene rings is 1. The summed E-state index contributed by atoms with van der Waals surface area (Å²) in [6.45, 7) is 4.49. The first kappa shape index (κ1) is 19.4. The van der Waals surface area contributed by atoms with Crippen molar-refractivity contribution in [3.05, 3.63) is 28.7 Å². The van der Waals surface area contributed by atoms with Gasteiger partial charge in [-0.3, -0.25) is 4.79 Å². The lowest BCUT2D eigenvalue weighted by Gasteiger charge is -2.34. The molecule has 1 aromatic rings. The molecule has 134 valence electrons. The SMILES string of the molecule is C[C@H]1[C@H](C)CCC[C@H]1NC(=O)CCNS(=O)(=O)c1ccc(Br)cc1. The smallest absolute Gasteiger partial charge is 0.240 e. The van der Waals surface area contributed by atoms with E-state index in [1.165, 1.54) is 18.6 Å². The van der Waals surface area contributed by atoms with Gasteiger partial charge in [0.25, 0.3) is 0 Å². The third-order valence-electron chi connectivity index (χ3n) is 4.82. The second-order valence-corrected chi connectivity index (χ2v) is 9.23. The van der Waals surface area contributed by atoms with Crippen molar-refractivity contribution in [1.29, 1.82) is 0 Å². The van der Waals surface area contributed by atoms with E-state index in [-0.39, 0.29) is 29.8 Å². The van der Waals surface area contributed by atoms with E-state index >= 15 is 0 Å². The first-order valence-corrected chi connectivity index (χ1v) is 10.6. The molecule has 0 unspecified atom stereocenters. The summed E-state index contributed by atoms with van der Waals surface area (Å²) in [5.74, 6) is 0.974. The number of nitrogens with one attached hydrogen (secondary N) is 2. The topological polar surface area (TPSA) is 75.3 Å². The van der Waals surface area contributed by atoms with E-state index < -0.39 is 10.0 Å². The van der Waals surface area contributed by atoms with Gasteiger partial charge >= 0.3 is 0 Å². The number of amides is 1. The van der Waals surface area contributed by atoms with Crippen molar-refractivity contribution in [3.8, 4) is 0 Å².